The van der Waals surface area contributed by atoms with Crippen molar-refractivity contribution in [1.82, 2.24) is 15.5 Å². The van der Waals surface area contributed by atoms with Gasteiger partial charge < -0.3 is 15.5 Å². The number of carbonyl (C=O) groups is 1. The van der Waals surface area contributed by atoms with Crippen LogP contribution in [-0.2, 0) is 0 Å². The van der Waals surface area contributed by atoms with E-state index in [0.717, 1.165) is 26.1 Å². The van der Waals surface area contributed by atoms with Crippen LogP contribution >= 0.6 is 0 Å². The van der Waals surface area contributed by atoms with Gasteiger partial charge >= 0.3 is 6.03 Å². The molecule has 0 spiro atoms. The van der Waals surface area contributed by atoms with Gasteiger partial charge in [-0.15, -0.1) is 0 Å². The van der Waals surface area contributed by atoms with Crippen molar-refractivity contribution < 1.29 is 4.79 Å². The molecule has 2 fully saturated rings. The molecule has 2 amide bonds. The molecule has 92 valence electrons. The predicted octanol–water partition coefficient (Wildman–Crippen LogP) is 1.18. The van der Waals surface area contributed by atoms with E-state index in [1.54, 1.807) is 0 Å². The maximum atomic E-state index is 11.9. The molecule has 16 heavy (non-hydrogen) atoms. The van der Waals surface area contributed by atoms with Gasteiger partial charge in [0.1, 0.15) is 0 Å². The van der Waals surface area contributed by atoms with Crippen molar-refractivity contribution in [2.75, 3.05) is 26.7 Å². The number of rotatable bonds is 3. The Morgan fingerprint density at radius 1 is 1.31 bits per heavy atom. The van der Waals surface area contributed by atoms with E-state index in [4.69, 9.17) is 0 Å². The lowest BCUT2D eigenvalue weighted by Gasteiger charge is -2.35. The normalized spacial score (nSPS) is 26.3. The van der Waals surface area contributed by atoms with Crippen LogP contribution in [0.4, 0.5) is 4.79 Å². The molecule has 1 saturated carbocycles. The monoisotopic (exact) mass is 225 g/mol. The number of amides is 2. The van der Waals surface area contributed by atoms with Gasteiger partial charge in [0.25, 0.3) is 0 Å². The third-order valence-electron chi connectivity index (χ3n) is 3.73. The zero-order valence-electron chi connectivity index (χ0n) is 10.2. The second kappa shape index (κ2) is 5.53. The molecule has 4 nitrogen and oxygen atoms in total. The average Bonchev–Trinajstić information content (AvgIpc) is 2.24. The fraction of sp³-hybridized carbons (Fsp3) is 0.917. The minimum absolute atomic E-state index is 0.158. The van der Waals surface area contributed by atoms with Gasteiger partial charge in [0.2, 0.25) is 0 Å². The number of nitrogens with zero attached hydrogens (tertiary/aromatic N) is 1. The Balaban J connectivity index is 1.76. The number of nitrogens with one attached hydrogen (secondary N) is 2. The Morgan fingerprint density at radius 3 is 2.75 bits per heavy atom. The fourth-order valence-corrected chi connectivity index (χ4v) is 2.52. The molecule has 1 atom stereocenters. The Morgan fingerprint density at radius 2 is 2.12 bits per heavy atom. The number of urea groups is 1. The standard InChI is InChI=1S/C12H23N3O/c1-13-8-10-4-3-7-15(9-10)12(16)14-11-5-2-6-11/h10-11,13H,2-9H2,1H3,(H,14,16). The molecule has 1 saturated heterocycles. The first-order valence-electron chi connectivity index (χ1n) is 6.49. The van der Waals surface area contributed by atoms with Gasteiger partial charge in [0, 0.05) is 19.1 Å². The van der Waals surface area contributed by atoms with Crippen molar-refractivity contribution in [2.45, 2.75) is 38.1 Å². The fourth-order valence-electron chi connectivity index (χ4n) is 2.52. The smallest absolute Gasteiger partial charge is 0.317 e. The van der Waals surface area contributed by atoms with Gasteiger partial charge in [-0.25, -0.2) is 4.79 Å². The molecule has 0 aromatic rings. The van der Waals surface area contributed by atoms with E-state index in [9.17, 15) is 4.79 Å². The summed E-state index contributed by atoms with van der Waals surface area (Å²) in [5.74, 6) is 0.630. The number of hydrogen-bond donors (Lipinski definition) is 2. The number of piperidine rings is 1. The van der Waals surface area contributed by atoms with Crippen LogP contribution in [0, 0.1) is 5.92 Å². The molecule has 1 heterocycles. The quantitative estimate of drug-likeness (QED) is 0.757. The minimum atomic E-state index is 0.158. The van der Waals surface area contributed by atoms with Gasteiger partial charge in [0.05, 0.1) is 0 Å². The van der Waals surface area contributed by atoms with Gasteiger partial charge in [0.15, 0.2) is 0 Å². The molecule has 0 bridgehead atoms. The molecular formula is C12H23N3O. The van der Waals surface area contributed by atoms with E-state index in [2.05, 4.69) is 10.6 Å². The summed E-state index contributed by atoms with van der Waals surface area (Å²) in [5, 5.41) is 6.32. The van der Waals surface area contributed by atoms with E-state index in [0.29, 0.717) is 12.0 Å². The molecule has 4 heteroatoms. The lowest BCUT2D eigenvalue weighted by atomic mass is 9.93. The highest BCUT2D eigenvalue weighted by Gasteiger charge is 2.26. The minimum Gasteiger partial charge on any atom is -0.335 e. The van der Waals surface area contributed by atoms with Crippen molar-refractivity contribution in [1.29, 1.82) is 0 Å². The van der Waals surface area contributed by atoms with E-state index in [-0.39, 0.29) is 6.03 Å². The number of carbonyl (C=O) groups excluding carboxylic acids is 1. The molecule has 0 radical (unpaired) electrons. The van der Waals surface area contributed by atoms with Crippen LogP contribution in [0.15, 0.2) is 0 Å². The van der Waals surface area contributed by atoms with Crippen molar-refractivity contribution in [3.63, 3.8) is 0 Å². The van der Waals surface area contributed by atoms with Gasteiger partial charge in [-0.2, -0.15) is 0 Å². The first-order valence-corrected chi connectivity index (χ1v) is 6.49. The Labute approximate surface area is 97.8 Å². The third kappa shape index (κ3) is 2.88. The highest BCUT2D eigenvalue weighted by Crippen LogP contribution is 2.20. The van der Waals surface area contributed by atoms with Crippen LogP contribution in [-0.4, -0.2) is 43.7 Å². The molecule has 2 aliphatic rings. The Bertz CT molecular complexity index is 238. The van der Waals surface area contributed by atoms with Crippen LogP contribution in [0.25, 0.3) is 0 Å². The van der Waals surface area contributed by atoms with Crippen molar-refractivity contribution in [3.8, 4) is 0 Å². The van der Waals surface area contributed by atoms with E-state index in [1.165, 1.54) is 25.7 Å². The van der Waals surface area contributed by atoms with Crippen LogP contribution in [0.3, 0.4) is 0 Å². The van der Waals surface area contributed by atoms with Gasteiger partial charge in [-0.3, -0.25) is 0 Å². The highest BCUT2D eigenvalue weighted by molar-refractivity contribution is 5.74. The summed E-state index contributed by atoms with van der Waals surface area (Å²) in [6, 6.07) is 0.614. The summed E-state index contributed by atoms with van der Waals surface area (Å²) in [7, 11) is 1.98. The summed E-state index contributed by atoms with van der Waals surface area (Å²) in [6.45, 7) is 2.87. The third-order valence-corrected chi connectivity index (χ3v) is 3.73. The molecule has 0 aromatic heterocycles. The zero-order valence-corrected chi connectivity index (χ0v) is 10.2. The van der Waals surface area contributed by atoms with E-state index >= 15 is 0 Å². The summed E-state index contributed by atoms with van der Waals surface area (Å²) in [4.78, 5) is 13.9. The van der Waals surface area contributed by atoms with Crippen LogP contribution in [0.1, 0.15) is 32.1 Å². The van der Waals surface area contributed by atoms with Crippen LogP contribution in [0.5, 0.6) is 0 Å². The average molecular weight is 225 g/mol. The maximum absolute atomic E-state index is 11.9. The van der Waals surface area contributed by atoms with Crippen molar-refractivity contribution in [3.05, 3.63) is 0 Å². The largest absolute Gasteiger partial charge is 0.335 e. The highest BCUT2D eigenvalue weighted by atomic mass is 16.2. The summed E-state index contributed by atoms with van der Waals surface area (Å²) < 4.78 is 0. The Hall–Kier alpha value is -0.770. The molecular weight excluding hydrogens is 202 g/mol. The SMILES string of the molecule is CNCC1CCCN(C(=O)NC2CCC2)C1. The second-order valence-electron chi connectivity index (χ2n) is 5.09. The molecule has 1 aliphatic heterocycles. The molecule has 2 rings (SSSR count). The summed E-state index contributed by atoms with van der Waals surface area (Å²) >= 11 is 0. The number of hydrogen-bond acceptors (Lipinski definition) is 2. The predicted molar refractivity (Wildman–Crippen MR) is 64.4 cm³/mol. The maximum Gasteiger partial charge on any atom is 0.317 e. The molecule has 2 N–H and O–H groups in total. The lowest BCUT2D eigenvalue weighted by Crippen LogP contribution is -2.51. The number of likely N-dealkylation sites (tertiary alicyclic amines) is 1. The van der Waals surface area contributed by atoms with Crippen molar-refractivity contribution >= 4 is 6.03 Å². The summed E-state index contributed by atoms with van der Waals surface area (Å²) in [6.07, 6.45) is 5.99. The molecule has 1 aliphatic carbocycles. The summed E-state index contributed by atoms with van der Waals surface area (Å²) in [5.41, 5.74) is 0. The van der Waals surface area contributed by atoms with Gasteiger partial charge in [-0.1, -0.05) is 0 Å². The van der Waals surface area contributed by atoms with E-state index < -0.39 is 0 Å². The van der Waals surface area contributed by atoms with Crippen LogP contribution in [0.2, 0.25) is 0 Å². The first kappa shape index (κ1) is 11.7. The lowest BCUT2D eigenvalue weighted by molar-refractivity contribution is 0.156. The first-order chi connectivity index (χ1) is 7.79. The topological polar surface area (TPSA) is 44.4 Å². The van der Waals surface area contributed by atoms with E-state index in [1.807, 2.05) is 11.9 Å². The zero-order chi connectivity index (χ0) is 11.4. The van der Waals surface area contributed by atoms with Crippen molar-refractivity contribution in [2.24, 2.45) is 5.92 Å². The van der Waals surface area contributed by atoms with Gasteiger partial charge in [-0.05, 0) is 51.6 Å². The van der Waals surface area contributed by atoms with Crippen LogP contribution < -0.4 is 10.6 Å². The molecule has 0 aromatic carbocycles. The second-order valence-corrected chi connectivity index (χ2v) is 5.09. The Kier molecular flexibility index (Phi) is 4.04. The molecule has 1 unspecified atom stereocenters.